The second-order valence-electron chi connectivity index (χ2n) is 4.20. The largest absolute Gasteiger partial charge is 0.289 e. The Morgan fingerprint density at radius 3 is 2.00 bits per heavy atom. The van der Waals surface area contributed by atoms with Gasteiger partial charge in [-0.05, 0) is 12.5 Å². The number of hydrogen-bond donors (Lipinski definition) is 0. The number of rotatable bonds is 0. The number of hydrogen-bond acceptors (Lipinski definition) is 2. The normalized spacial score (nSPS) is 13.2. The van der Waals surface area contributed by atoms with Crippen LogP contribution in [0.1, 0.15) is 37.4 Å². The van der Waals surface area contributed by atoms with Crippen molar-refractivity contribution in [3.8, 4) is 0 Å². The van der Waals surface area contributed by atoms with E-state index >= 15 is 0 Å². The highest BCUT2D eigenvalue weighted by atomic mass is 16.1. The summed E-state index contributed by atoms with van der Waals surface area (Å²) in [5.74, 6) is -0.104. The highest BCUT2D eigenvalue weighted by Crippen LogP contribution is 2.28. The number of fused-ring (bicyclic) bond motifs is 2. The van der Waals surface area contributed by atoms with Crippen molar-refractivity contribution in [2.24, 2.45) is 0 Å². The third kappa shape index (κ3) is 1.27. The fourth-order valence-electron chi connectivity index (χ4n) is 2.32. The van der Waals surface area contributed by atoms with Crippen LogP contribution in [0.15, 0.2) is 42.5 Å². The van der Waals surface area contributed by atoms with Gasteiger partial charge in [0.05, 0.1) is 0 Å². The third-order valence-corrected chi connectivity index (χ3v) is 3.16. The molecule has 3 rings (SSSR count). The number of carbonyl (C=O) groups is 2. The average Bonchev–Trinajstić information content (AvgIpc) is 2.36. The van der Waals surface area contributed by atoms with Gasteiger partial charge in [-0.1, -0.05) is 42.5 Å². The summed E-state index contributed by atoms with van der Waals surface area (Å²) < 4.78 is 0. The maximum absolute atomic E-state index is 12.3. The van der Waals surface area contributed by atoms with Gasteiger partial charge in [0.15, 0.2) is 11.6 Å². The van der Waals surface area contributed by atoms with Crippen LogP contribution in [0.2, 0.25) is 0 Å². The van der Waals surface area contributed by atoms with E-state index in [9.17, 15) is 9.59 Å². The molecule has 0 spiro atoms. The minimum absolute atomic E-state index is 0.0479. The van der Waals surface area contributed by atoms with Crippen molar-refractivity contribution in [3.05, 3.63) is 70.3 Å². The molecule has 0 aromatic heterocycles. The summed E-state index contributed by atoms with van der Waals surface area (Å²) in [5.41, 5.74) is 2.95. The van der Waals surface area contributed by atoms with Crippen molar-refractivity contribution in [3.63, 3.8) is 0 Å². The second-order valence-corrected chi connectivity index (χ2v) is 4.20. The van der Waals surface area contributed by atoms with Gasteiger partial charge >= 0.3 is 0 Å². The van der Waals surface area contributed by atoms with Gasteiger partial charge in [-0.25, -0.2) is 0 Å². The number of aryl methyl sites for hydroxylation is 1. The molecule has 0 aliphatic heterocycles. The first-order valence-corrected chi connectivity index (χ1v) is 5.48. The number of ketones is 2. The van der Waals surface area contributed by atoms with Gasteiger partial charge in [-0.2, -0.15) is 0 Å². The van der Waals surface area contributed by atoms with E-state index in [-0.39, 0.29) is 11.6 Å². The van der Waals surface area contributed by atoms with Crippen LogP contribution in [-0.2, 0) is 0 Å². The summed E-state index contributed by atoms with van der Waals surface area (Å²) in [6.07, 6.45) is 0. The summed E-state index contributed by atoms with van der Waals surface area (Å²) in [6, 6.07) is 12.4. The fourth-order valence-corrected chi connectivity index (χ4v) is 2.32. The molecule has 2 nitrogen and oxygen atoms in total. The quantitative estimate of drug-likeness (QED) is 0.586. The molecule has 0 saturated heterocycles. The number of benzene rings is 2. The van der Waals surface area contributed by atoms with E-state index in [0.29, 0.717) is 22.3 Å². The molecule has 0 saturated carbocycles. The first-order chi connectivity index (χ1) is 8.20. The molecule has 2 aromatic carbocycles. The van der Waals surface area contributed by atoms with Crippen LogP contribution in [0.3, 0.4) is 0 Å². The summed E-state index contributed by atoms with van der Waals surface area (Å²) in [5, 5.41) is 0. The van der Waals surface area contributed by atoms with E-state index in [1.54, 1.807) is 30.3 Å². The summed E-state index contributed by atoms with van der Waals surface area (Å²) in [7, 11) is 0. The Bertz CT molecular complexity index is 654. The zero-order valence-corrected chi connectivity index (χ0v) is 9.36. The van der Waals surface area contributed by atoms with E-state index < -0.39 is 0 Å². The van der Waals surface area contributed by atoms with Crippen LogP contribution in [0, 0.1) is 6.92 Å². The average molecular weight is 222 g/mol. The van der Waals surface area contributed by atoms with Gasteiger partial charge in [0.2, 0.25) is 0 Å². The molecule has 2 aromatic rings. The van der Waals surface area contributed by atoms with Crippen molar-refractivity contribution < 1.29 is 9.59 Å². The Balaban J connectivity index is 2.37. The first kappa shape index (κ1) is 9.97. The maximum atomic E-state index is 12.3. The van der Waals surface area contributed by atoms with Gasteiger partial charge in [-0.15, -0.1) is 0 Å². The molecule has 1 aliphatic rings. The summed E-state index contributed by atoms with van der Waals surface area (Å²) >= 11 is 0. The summed E-state index contributed by atoms with van der Waals surface area (Å²) in [6.45, 7) is 1.86. The molecular formula is C15H10O2. The van der Waals surface area contributed by atoms with Crippen molar-refractivity contribution in [1.29, 1.82) is 0 Å². The standard InChI is InChI=1S/C15H10O2/c1-9-5-4-8-12-13(9)15(17)11-7-3-2-6-10(11)14(12)16/h2-8H,1H3. The lowest BCUT2D eigenvalue weighted by Crippen LogP contribution is -2.21. The van der Waals surface area contributed by atoms with Crippen molar-refractivity contribution in [2.45, 2.75) is 6.92 Å². The van der Waals surface area contributed by atoms with E-state index in [0.717, 1.165) is 5.56 Å². The molecule has 82 valence electrons. The predicted octanol–water partition coefficient (Wildman–Crippen LogP) is 2.77. The molecule has 0 unspecified atom stereocenters. The van der Waals surface area contributed by atoms with Gasteiger partial charge in [-0.3, -0.25) is 9.59 Å². The lowest BCUT2D eigenvalue weighted by atomic mass is 9.82. The molecule has 17 heavy (non-hydrogen) atoms. The molecule has 0 heterocycles. The van der Waals surface area contributed by atoms with Gasteiger partial charge in [0.1, 0.15) is 0 Å². The first-order valence-electron chi connectivity index (χ1n) is 5.48. The monoisotopic (exact) mass is 222 g/mol. The lowest BCUT2D eigenvalue weighted by Gasteiger charge is -2.18. The Labute approximate surface area is 98.9 Å². The molecular weight excluding hydrogens is 212 g/mol. The van der Waals surface area contributed by atoms with Crippen LogP contribution in [0.4, 0.5) is 0 Å². The van der Waals surface area contributed by atoms with Crippen LogP contribution < -0.4 is 0 Å². The van der Waals surface area contributed by atoms with Crippen molar-refractivity contribution in [2.75, 3.05) is 0 Å². The Hall–Kier alpha value is -2.22. The molecule has 0 amide bonds. The highest BCUT2D eigenvalue weighted by molar-refractivity contribution is 6.28. The van der Waals surface area contributed by atoms with Gasteiger partial charge in [0, 0.05) is 22.3 Å². The zero-order valence-electron chi connectivity index (χ0n) is 9.36. The number of carbonyl (C=O) groups excluding carboxylic acids is 2. The molecule has 0 bridgehead atoms. The molecule has 2 heteroatoms. The van der Waals surface area contributed by atoms with E-state index in [4.69, 9.17) is 0 Å². The molecule has 0 N–H and O–H groups in total. The maximum Gasteiger partial charge on any atom is 0.194 e. The fraction of sp³-hybridized carbons (Fsp3) is 0.0667. The molecule has 0 fully saturated rings. The third-order valence-electron chi connectivity index (χ3n) is 3.16. The SMILES string of the molecule is Cc1cccc2c1C(=O)c1ccccc1C2=O. The molecule has 0 atom stereocenters. The Kier molecular flexibility index (Phi) is 1.99. The Morgan fingerprint density at radius 1 is 0.706 bits per heavy atom. The van der Waals surface area contributed by atoms with Crippen LogP contribution in [-0.4, -0.2) is 11.6 Å². The lowest BCUT2D eigenvalue weighted by molar-refractivity contribution is 0.0978. The van der Waals surface area contributed by atoms with Crippen LogP contribution >= 0.6 is 0 Å². The van der Waals surface area contributed by atoms with Crippen LogP contribution in [0.25, 0.3) is 0 Å². The minimum atomic E-state index is -0.0566. The highest BCUT2D eigenvalue weighted by Gasteiger charge is 2.29. The van der Waals surface area contributed by atoms with Gasteiger partial charge in [0.25, 0.3) is 0 Å². The molecule has 1 aliphatic carbocycles. The van der Waals surface area contributed by atoms with Crippen molar-refractivity contribution in [1.82, 2.24) is 0 Å². The summed E-state index contributed by atoms with van der Waals surface area (Å²) in [4.78, 5) is 24.6. The van der Waals surface area contributed by atoms with E-state index in [1.807, 2.05) is 19.1 Å². The predicted molar refractivity (Wildman–Crippen MR) is 64.5 cm³/mol. The van der Waals surface area contributed by atoms with E-state index in [2.05, 4.69) is 0 Å². The minimum Gasteiger partial charge on any atom is -0.289 e. The second kappa shape index (κ2) is 3.39. The van der Waals surface area contributed by atoms with Crippen molar-refractivity contribution >= 4 is 11.6 Å². The van der Waals surface area contributed by atoms with Gasteiger partial charge < -0.3 is 0 Å². The zero-order chi connectivity index (χ0) is 12.0. The van der Waals surface area contributed by atoms with E-state index in [1.165, 1.54) is 0 Å². The Morgan fingerprint density at radius 2 is 1.29 bits per heavy atom. The molecule has 0 radical (unpaired) electrons. The topological polar surface area (TPSA) is 34.1 Å². The van der Waals surface area contributed by atoms with Crippen LogP contribution in [0.5, 0.6) is 0 Å². The smallest absolute Gasteiger partial charge is 0.194 e.